The number of H-pyrrole nitrogens is 1. The maximum absolute atomic E-state index is 14.0. The molecule has 1 atom stereocenters. The number of carbonyl (C=O) groups is 2. The van der Waals surface area contributed by atoms with E-state index in [2.05, 4.69) is 9.97 Å². The number of nitrogens with one attached hydrogen (secondary N) is 1. The number of hydrogen-bond acceptors (Lipinski definition) is 6. The van der Waals surface area contributed by atoms with Crippen LogP contribution in [0.15, 0.2) is 73.1 Å². The van der Waals surface area contributed by atoms with Crippen LogP contribution in [0.2, 0.25) is 0 Å². The molecule has 0 fully saturated rings. The van der Waals surface area contributed by atoms with Gasteiger partial charge in [0.25, 0.3) is 0 Å². The van der Waals surface area contributed by atoms with Gasteiger partial charge in [0.1, 0.15) is 29.7 Å². The average molecular weight is 517 g/mol. The van der Waals surface area contributed by atoms with Gasteiger partial charge >= 0.3 is 5.97 Å². The minimum atomic E-state index is -0.689. The van der Waals surface area contributed by atoms with E-state index in [0.717, 1.165) is 11.1 Å². The lowest BCUT2D eigenvalue weighted by Gasteiger charge is -2.08. The standard InChI is InChI=1S/C30H29FN2O5/c1-3-23(34)18-37-30(36)22-15-28(33-17-22)29-16-26(10-11-32-29)38-25-7-5-20(6-8-25)13-24(35)14-21-12-19(2)4-9-27(21)31/h4-12,15-17,23,33-34H,3,13-14,18H2,1-2H3. The number of ether oxygens (including phenoxy) is 2. The lowest BCUT2D eigenvalue weighted by Crippen LogP contribution is -2.17. The Kier molecular flexibility index (Phi) is 8.66. The molecule has 0 saturated carbocycles. The Hall–Kier alpha value is -4.30. The van der Waals surface area contributed by atoms with E-state index in [4.69, 9.17) is 9.47 Å². The maximum Gasteiger partial charge on any atom is 0.339 e. The number of nitrogens with zero attached hydrogens (tertiary/aromatic N) is 1. The van der Waals surface area contributed by atoms with E-state index >= 15 is 0 Å². The summed E-state index contributed by atoms with van der Waals surface area (Å²) in [5.41, 5.74) is 3.63. The molecule has 0 saturated heterocycles. The van der Waals surface area contributed by atoms with E-state index < -0.39 is 12.1 Å². The summed E-state index contributed by atoms with van der Waals surface area (Å²) in [6, 6.07) is 17.0. The molecule has 2 aromatic heterocycles. The van der Waals surface area contributed by atoms with Crippen LogP contribution in [0.1, 0.15) is 40.4 Å². The summed E-state index contributed by atoms with van der Waals surface area (Å²) in [6.07, 6.45) is 3.17. The number of hydrogen-bond donors (Lipinski definition) is 2. The minimum Gasteiger partial charge on any atom is -0.459 e. The van der Waals surface area contributed by atoms with Crippen molar-refractivity contribution in [2.75, 3.05) is 6.61 Å². The second-order valence-corrected chi connectivity index (χ2v) is 9.07. The summed E-state index contributed by atoms with van der Waals surface area (Å²) in [7, 11) is 0. The molecule has 8 heteroatoms. The molecule has 196 valence electrons. The Balaban J connectivity index is 1.36. The number of halogens is 1. The van der Waals surface area contributed by atoms with E-state index in [0.29, 0.717) is 40.4 Å². The minimum absolute atomic E-state index is 0.0461. The number of aromatic nitrogens is 2. The van der Waals surface area contributed by atoms with Gasteiger partial charge in [0.15, 0.2) is 0 Å². The number of aliphatic hydroxyl groups is 1. The number of aromatic amines is 1. The molecule has 0 spiro atoms. The normalized spacial score (nSPS) is 11.7. The van der Waals surface area contributed by atoms with E-state index in [-0.39, 0.29) is 31.0 Å². The first-order chi connectivity index (χ1) is 18.3. The molecule has 2 heterocycles. The highest BCUT2D eigenvalue weighted by Crippen LogP contribution is 2.26. The van der Waals surface area contributed by atoms with Crippen LogP contribution in [0.5, 0.6) is 11.5 Å². The average Bonchev–Trinajstić information content (AvgIpc) is 3.41. The van der Waals surface area contributed by atoms with Gasteiger partial charge in [-0.05, 0) is 54.8 Å². The summed E-state index contributed by atoms with van der Waals surface area (Å²) in [6.45, 7) is 3.61. The quantitative estimate of drug-likeness (QED) is 0.252. The van der Waals surface area contributed by atoms with E-state index in [1.54, 1.807) is 67.7 Å². The lowest BCUT2D eigenvalue weighted by molar-refractivity contribution is -0.117. The molecule has 0 aliphatic rings. The zero-order valence-corrected chi connectivity index (χ0v) is 21.2. The van der Waals surface area contributed by atoms with Gasteiger partial charge < -0.3 is 19.6 Å². The lowest BCUT2D eigenvalue weighted by atomic mass is 10.0. The van der Waals surface area contributed by atoms with Crippen LogP contribution in [-0.2, 0) is 22.4 Å². The van der Waals surface area contributed by atoms with Gasteiger partial charge in [-0.1, -0.05) is 36.8 Å². The Morgan fingerprint density at radius 3 is 2.58 bits per heavy atom. The Morgan fingerprint density at radius 2 is 1.82 bits per heavy atom. The molecule has 4 rings (SSSR count). The Labute approximate surface area is 220 Å². The summed E-state index contributed by atoms with van der Waals surface area (Å²) in [5.74, 6) is 0.145. The van der Waals surface area contributed by atoms with Gasteiger partial charge in [0.2, 0.25) is 0 Å². The van der Waals surface area contributed by atoms with Crippen LogP contribution in [-0.4, -0.2) is 39.5 Å². The van der Waals surface area contributed by atoms with Crippen molar-refractivity contribution in [3.05, 3.63) is 101 Å². The Bertz CT molecular complexity index is 1410. The van der Waals surface area contributed by atoms with Crippen molar-refractivity contribution in [3.8, 4) is 22.9 Å². The van der Waals surface area contributed by atoms with Crippen LogP contribution < -0.4 is 4.74 Å². The second kappa shape index (κ2) is 12.3. The van der Waals surface area contributed by atoms with E-state index in [1.807, 2.05) is 6.92 Å². The molecule has 0 amide bonds. The van der Waals surface area contributed by atoms with Crippen LogP contribution in [0, 0.1) is 12.7 Å². The smallest absolute Gasteiger partial charge is 0.339 e. The van der Waals surface area contributed by atoms with Crippen molar-refractivity contribution in [2.45, 2.75) is 39.2 Å². The van der Waals surface area contributed by atoms with Gasteiger partial charge in [-0.25, -0.2) is 9.18 Å². The summed E-state index contributed by atoms with van der Waals surface area (Å²) >= 11 is 0. The molecule has 0 aliphatic carbocycles. The highest BCUT2D eigenvalue weighted by molar-refractivity contribution is 5.90. The third-order valence-corrected chi connectivity index (χ3v) is 5.95. The van der Waals surface area contributed by atoms with Crippen molar-refractivity contribution in [1.29, 1.82) is 0 Å². The summed E-state index contributed by atoms with van der Waals surface area (Å²) < 4.78 is 25.0. The van der Waals surface area contributed by atoms with Crippen LogP contribution >= 0.6 is 0 Å². The highest BCUT2D eigenvalue weighted by atomic mass is 19.1. The monoisotopic (exact) mass is 516 g/mol. The van der Waals surface area contributed by atoms with Gasteiger partial charge in [-0.3, -0.25) is 9.78 Å². The topological polar surface area (TPSA) is 102 Å². The third-order valence-electron chi connectivity index (χ3n) is 5.95. The predicted octanol–water partition coefficient (Wildman–Crippen LogP) is 5.60. The second-order valence-electron chi connectivity index (χ2n) is 9.07. The fourth-order valence-electron chi connectivity index (χ4n) is 3.81. The van der Waals surface area contributed by atoms with Gasteiger partial charge in [-0.2, -0.15) is 0 Å². The first-order valence-corrected chi connectivity index (χ1v) is 12.3. The molecule has 2 aromatic carbocycles. The fraction of sp³-hybridized carbons (Fsp3) is 0.233. The molecule has 2 N–H and O–H groups in total. The molecule has 4 aromatic rings. The third kappa shape index (κ3) is 7.14. The van der Waals surface area contributed by atoms with Gasteiger partial charge in [-0.15, -0.1) is 0 Å². The number of pyridine rings is 1. The SMILES string of the molecule is CCC(O)COC(=O)c1c[nH]c(-c2cc(Oc3ccc(CC(=O)Cc4cc(C)ccc4F)cc3)ccn2)c1. The van der Waals surface area contributed by atoms with Crippen molar-refractivity contribution >= 4 is 11.8 Å². The molecule has 7 nitrogen and oxygen atoms in total. The molecular weight excluding hydrogens is 487 g/mol. The number of rotatable bonds is 11. The number of aryl methyl sites for hydroxylation is 1. The van der Waals surface area contributed by atoms with Crippen LogP contribution in [0.3, 0.4) is 0 Å². The Morgan fingerprint density at radius 1 is 1.03 bits per heavy atom. The molecule has 0 aliphatic heterocycles. The zero-order valence-electron chi connectivity index (χ0n) is 21.2. The number of carbonyl (C=O) groups excluding carboxylic acids is 2. The number of aliphatic hydroxyl groups excluding tert-OH is 1. The molecule has 38 heavy (non-hydrogen) atoms. The first-order valence-electron chi connectivity index (χ1n) is 12.3. The van der Waals surface area contributed by atoms with Crippen molar-refractivity contribution in [1.82, 2.24) is 9.97 Å². The van der Waals surface area contributed by atoms with E-state index in [9.17, 15) is 19.1 Å². The number of esters is 1. The fourth-order valence-corrected chi connectivity index (χ4v) is 3.81. The number of ketones is 1. The van der Waals surface area contributed by atoms with Crippen LogP contribution in [0.25, 0.3) is 11.4 Å². The van der Waals surface area contributed by atoms with Crippen LogP contribution in [0.4, 0.5) is 4.39 Å². The maximum atomic E-state index is 14.0. The number of Topliss-reactive ketones (excluding diaryl/α,β-unsaturated/α-hetero) is 1. The molecule has 0 radical (unpaired) electrons. The molecule has 1 unspecified atom stereocenters. The van der Waals surface area contributed by atoms with Gasteiger partial charge in [0, 0.05) is 31.3 Å². The molecule has 0 bridgehead atoms. The predicted molar refractivity (Wildman–Crippen MR) is 141 cm³/mol. The van der Waals surface area contributed by atoms with Crippen molar-refractivity contribution in [3.63, 3.8) is 0 Å². The summed E-state index contributed by atoms with van der Waals surface area (Å²) in [5, 5.41) is 9.58. The molecular formula is C30H29FN2O5. The van der Waals surface area contributed by atoms with Crippen molar-refractivity contribution in [2.24, 2.45) is 0 Å². The zero-order chi connectivity index (χ0) is 27.1. The largest absolute Gasteiger partial charge is 0.459 e. The van der Waals surface area contributed by atoms with Gasteiger partial charge in [0.05, 0.1) is 23.1 Å². The van der Waals surface area contributed by atoms with E-state index in [1.165, 1.54) is 12.3 Å². The first kappa shape index (κ1) is 26.8. The number of benzene rings is 2. The summed E-state index contributed by atoms with van der Waals surface area (Å²) in [4.78, 5) is 32.0. The highest BCUT2D eigenvalue weighted by Gasteiger charge is 2.14. The van der Waals surface area contributed by atoms with Crippen molar-refractivity contribution < 1.29 is 28.6 Å².